The third-order valence-electron chi connectivity index (χ3n) is 3.63. The van der Waals surface area contributed by atoms with Gasteiger partial charge >= 0.3 is 0 Å². The molecule has 0 fully saturated rings. The van der Waals surface area contributed by atoms with Crippen LogP contribution in [0.25, 0.3) is 0 Å². The van der Waals surface area contributed by atoms with E-state index in [0.717, 1.165) is 12.2 Å². The molecule has 0 bridgehead atoms. The zero-order valence-corrected chi connectivity index (χ0v) is 15.2. The van der Waals surface area contributed by atoms with Gasteiger partial charge in [-0.1, -0.05) is 31.9 Å². The Morgan fingerprint density at radius 2 is 1.76 bits per heavy atom. The molecule has 134 valence electrons. The molecule has 2 aromatic carbocycles. The Labute approximate surface area is 150 Å². The van der Waals surface area contributed by atoms with Crippen molar-refractivity contribution >= 4 is 11.6 Å². The summed E-state index contributed by atoms with van der Waals surface area (Å²) in [6.45, 7) is 6.78. The molecule has 0 aliphatic heterocycles. The molecule has 1 N–H and O–H groups in total. The van der Waals surface area contributed by atoms with Crippen LogP contribution in [0.2, 0.25) is 0 Å². The van der Waals surface area contributed by atoms with E-state index < -0.39 is 0 Å². The molecule has 0 spiro atoms. The van der Waals surface area contributed by atoms with Gasteiger partial charge in [0.15, 0.2) is 0 Å². The van der Waals surface area contributed by atoms with Gasteiger partial charge < -0.3 is 14.8 Å². The Morgan fingerprint density at radius 1 is 1.04 bits per heavy atom. The molecule has 2 rings (SSSR count). The number of carbonyl (C=O) groups excluding carboxylic acids is 1. The second kappa shape index (κ2) is 9.72. The van der Waals surface area contributed by atoms with Gasteiger partial charge in [-0.25, -0.2) is 0 Å². The molecular formula is C21H27NO3. The van der Waals surface area contributed by atoms with Gasteiger partial charge in [-0.3, -0.25) is 4.79 Å². The smallest absolute Gasteiger partial charge is 0.255 e. The fraction of sp³-hybridized carbons (Fsp3) is 0.381. The monoisotopic (exact) mass is 341 g/mol. The minimum Gasteiger partial charge on any atom is -0.494 e. The van der Waals surface area contributed by atoms with Crippen LogP contribution in [0.4, 0.5) is 5.69 Å². The van der Waals surface area contributed by atoms with E-state index in [4.69, 9.17) is 9.47 Å². The van der Waals surface area contributed by atoms with Crippen molar-refractivity contribution < 1.29 is 14.3 Å². The molecule has 1 amide bonds. The van der Waals surface area contributed by atoms with Gasteiger partial charge in [0.05, 0.1) is 18.4 Å². The molecule has 4 heteroatoms. The number of para-hydroxylation sites is 2. The average Bonchev–Trinajstić information content (AvgIpc) is 2.60. The van der Waals surface area contributed by atoms with E-state index in [-0.39, 0.29) is 12.0 Å². The molecule has 0 aliphatic carbocycles. The summed E-state index contributed by atoms with van der Waals surface area (Å²) in [6, 6.07) is 14.7. The summed E-state index contributed by atoms with van der Waals surface area (Å²) in [6.07, 6.45) is 3.43. The third-order valence-corrected chi connectivity index (χ3v) is 3.63. The molecule has 0 aromatic heterocycles. The second-order valence-electron chi connectivity index (χ2n) is 6.20. The highest BCUT2D eigenvalue weighted by molar-refractivity contribution is 6.05. The van der Waals surface area contributed by atoms with Crippen LogP contribution in [0.5, 0.6) is 11.5 Å². The number of ether oxygens (including phenoxy) is 2. The van der Waals surface area contributed by atoms with Crippen LogP contribution in [-0.2, 0) is 0 Å². The number of anilines is 1. The van der Waals surface area contributed by atoms with Crippen molar-refractivity contribution in [1.29, 1.82) is 0 Å². The highest BCUT2D eigenvalue weighted by Crippen LogP contribution is 2.25. The first-order valence-corrected chi connectivity index (χ1v) is 8.90. The number of benzene rings is 2. The molecular weight excluding hydrogens is 314 g/mol. The minimum absolute atomic E-state index is 0.0437. The zero-order valence-electron chi connectivity index (χ0n) is 15.2. The van der Waals surface area contributed by atoms with Crippen molar-refractivity contribution in [3.63, 3.8) is 0 Å². The van der Waals surface area contributed by atoms with Crippen LogP contribution in [0.15, 0.2) is 48.5 Å². The van der Waals surface area contributed by atoms with E-state index in [1.165, 1.54) is 12.8 Å². The fourth-order valence-corrected chi connectivity index (χ4v) is 2.37. The maximum Gasteiger partial charge on any atom is 0.255 e. The van der Waals surface area contributed by atoms with Crippen molar-refractivity contribution in [3.8, 4) is 11.5 Å². The van der Waals surface area contributed by atoms with Gasteiger partial charge in [0, 0.05) is 5.56 Å². The quantitative estimate of drug-likeness (QED) is 0.630. The van der Waals surface area contributed by atoms with Crippen LogP contribution in [0.3, 0.4) is 0 Å². The number of hydrogen-bond acceptors (Lipinski definition) is 3. The first kappa shape index (κ1) is 18.8. The molecule has 0 aliphatic rings. The van der Waals surface area contributed by atoms with Crippen LogP contribution < -0.4 is 14.8 Å². The predicted molar refractivity (Wildman–Crippen MR) is 102 cm³/mol. The standard InChI is InChI=1S/C21H27NO3/c1-4-5-8-15-24-18-13-11-17(12-14-18)21(23)22-19-9-6-7-10-20(19)25-16(2)3/h6-7,9-14,16H,4-5,8,15H2,1-3H3,(H,22,23). The van der Waals surface area contributed by atoms with E-state index in [1.807, 2.05) is 50.2 Å². The summed E-state index contributed by atoms with van der Waals surface area (Å²) < 4.78 is 11.4. The lowest BCUT2D eigenvalue weighted by Crippen LogP contribution is -2.14. The maximum absolute atomic E-state index is 12.5. The maximum atomic E-state index is 12.5. The lowest BCUT2D eigenvalue weighted by atomic mass is 10.2. The van der Waals surface area contributed by atoms with Crippen molar-refractivity contribution in [2.24, 2.45) is 0 Å². The van der Waals surface area contributed by atoms with E-state index in [2.05, 4.69) is 12.2 Å². The molecule has 0 atom stereocenters. The molecule has 25 heavy (non-hydrogen) atoms. The summed E-state index contributed by atoms with van der Waals surface area (Å²) in [5.41, 5.74) is 1.25. The van der Waals surface area contributed by atoms with Gasteiger partial charge in [-0.2, -0.15) is 0 Å². The van der Waals surface area contributed by atoms with E-state index in [1.54, 1.807) is 12.1 Å². The summed E-state index contributed by atoms with van der Waals surface area (Å²) in [4.78, 5) is 12.5. The number of rotatable bonds is 9. The Balaban J connectivity index is 1.97. The van der Waals surface area contributed by atoms with Crippen LogP contribution >= 0.6 is 0 Å². The first-order valence-electron chi connectivity index (χ1n) is 8.90. The summed E-state index contributed by atoms with van der Waals surface area (Å²) in [5, 5.41) is 2.91. The lowest BCUT2D eigenvalue weighted by Gasteiger charge is -2.15. The molecule has 2 aromatic rings. The van der Waals surface area contributed by atoms with Crippen LogP contribution in [-0.4, -0.2) is 18.6 Å². The Hall–Kier alpha value is -2.49. The fourth-order valence-electron chi connectivity index (χ4n) is 2.37. The highest BCUT2D eigenvalue weighted by atomic mass is 16.5. The first-order chi connectivity index (χ1) is 12.1. The molecule has 0 saturated carbocycles. The van der Waals surface area contributed by atoms with E-state index in [9.17, 15) is 4.79 Å². The highest BCUT2D eigenvalue weighted by Gasteiger charge is 2.10. The van der Waals surface area contributed by atoms with Crippen molar-refractivity contribution in [2.75, 3.05) is 11.9 Å². The average molecular weight is 341 g/mol. The van der Waals surface area contributed by atoms with Gasteiger partial charge in [-0.05, 0) is 56.7 Å². The van der Waals surface area contributed by atoms with Crippen LogP contribution in [0, 0.1) is 0 Å². The molecule has 0 radical (unpaired) electrons. The van der Waals surface area contributed by atoms with Gasteiger partial charge in [0.25, 0.3) is 5.91 Å². The zero-order chi connectivity index (χ0) is 18.1. The Morgan fingerprint density at radius 3 is 2.44 bits per heavy atom. The largest absolute Gasteiger partial charge is 0.494 e. The Kier molecular flexibility index (Phi) is 7.33. The second-order valence-corrected chi connectivity index (χ2v) is 6.20. The number of hydrogen-bond donors (Lipinski definition) is 1. The summed E-state index contributed by atoms with van der Waals surface area (Å²) in [7, 11) is 0. The third kappa shape index (κ3) is 6.14. The molecule has 4 nitrogen and oxygen atoms in total. The predicted octanol–water partition coefficient (Wildman–Crippen LogP) is 5.30. The van der Waals surface area contributed by atoms with Gasteiger partial charge in [0.1, 0.15) is 11.5 Å². The van der Waals surface area contributed by atoms with Crippen molar-refractivity contribution in [3.05, 3.63) is 54.1 Å². The van der Waals surface area contributed by atoms with Crippen molar-refractivity contribution in [1.82, 2.24) is 0 Å². The minimum atomic E-state index is -0.169. The SMILES string of the molecule is CCCCCOc1ccc(C(=O)Nc2ccccc2OC(C)C)cc1. The van der Waals surface area contributed by atoms with E-state index in [0.29, 0.717) is 23.6 Å². The number of unbranched alkanes of at least 4 members (excludes halogenated alkanes) is 2. The summed E-state index contributed by atoms with van der Waals surface area (Å²) >= 11 is 0. The number of amides is 1. The number of carbonyl (C=O) groups is 1. The number of nitrogens with one attached hydrogen (secondary N) is 1. The van der Waals surface area contributed by atoms with E-state index >= 15 is 0 Å². The van der Waals surface area contributed by atoms with Crippen molar-refractivity contribution in [2.45, 2.75) is 46.1 Å². The lowest BCUT2D eigenvalue weighted by molar-refractivity contribution is 0.102. The molecule has 0 saturated heterocycles. The molecule has 0 unspecified atom stereocenters. The molecule has 0 heterocycles. The van der Waals surface area contributed by atoms with Crippen LogP contribution in [0.1, 0.15) is 50.4 Å². The van der Waals surface area contributed by atoms with Gasteiger partial charge in [-0.15, -0.1) is 0 Å². The summed E-state index contributed by atoms with van der Waals surface area (Å²) in [5.74, 6) is 1.29. The normalized spacial score (nSPS) is 10.6. The Bertz CT molecular complexity index is 665. The van der Waals surface area contributed by atoms with Gasteiger partial charge in [0.2, 0.25) is 0 Å². The topological polar surface area (TPSA) is 47.6 Å².